The maximum absolute atomic E-state index is 12.2. The van der Waals surface area contributed by atoms with Crippen molar-refractivity contribution in [2.24, 2.45) is 11.8 Å². The third kappa shape index (κ3) is 8.47. The second-order valence-electron chi connectivity index (χ2n) is 6.22. The van der Waals surface area contributed by atoms with Gasteiger partial charge in [-0.15, -0.1) is 19.0 Å². The highest BCUT2D eigenvalue weighted by molar-refractivity contribution is 5.85. The van der Waals surface area contributed by atoms with Crippen molar-refractivity contribution in [1.29, 1.82) is 0 Å². The Kier molecular flexibility index (Phi) is 11.7. The van der Waals surface area contributed by atoms with Gasteiger partial charge in [0.2, 0.25) is 5.91 Å². The van der Waals surface area contributed by atoms with Crippen LogP contribution in [0, 0.1) is 11.8 Å². The number of carbonyl (C=O) groups is 1. The number of nitrogens with one attached hydrogen (secondary N) is 1. The Morgan fingerprint density at radius 3 is 2.62 bits per heavy atom. The van der Waals surface area contributed by atoms with E-state index in [1.807, 2.05) is 18.0 Å². The first kappa shape index (κ1) is 20.5. The number of hydrogen-bond acceptors (Lipinski definition) is 2. The van der Waals surface area contributed by atoms with E-state index in [1.54, 1.807) is 0 Å². The quantitative estimate of drug-likeness (QED) is 0.520. The zero-order chi connectivity index (χ0) is 14.8. The van der Waals surface area contributed by atoms with Crippen molar-refractivity contribution in [2.75, 3.05) is 26.7 Å². The molecule has 1 amide bonds. The number of carbonyl (C=O) groups excluding carboxylic acids is 1. The standard InChI is InChI=1S/C17H32N2O.ClH/c1-4-5-6-7-8-13-19(3)17(20)14-15(2)16-9-11-18-12-10-16;/h4,15-16,18H,1,5-14H2,2-3H3;1H. The van der Waals surface area contributed by atoms with Crippen molar-refractivity contribution in [3.8, 4) is 0 Å². The molecule has 1 aliphatic rings. The van der Waals surface area contributed by atoms with Gasteiger partial charge in [-0.25, -0.2) is 0 Å². The Morgan fingerprint density at radius 2 is 2.00 bits per heavy atom. The molecule has 4 heteroatoms. The number of allylic oxidation sites excluding steroid dienone is 1. The predicted octanol–water partition coefficient (Wildman–Crippen LogP) is 3.64. The van der Waals surface area contributed by atoms with Gasteiger partial charge in [0.1, 0.15) is 0 Å². The lowest BCUT2D eigenvalue weighted by molar-refractivity contribution is -0.131. The van der Waals surface area contributed by atoms with E-state index in [2.05, 4.69) is 18.8 Å². The fourth-order valence-electron chi connectivity index (χ4n) is 2.95. The van der Waals surface area contributed by atoms with Crippen LogP contribution in [0.15, 0.2) is 12.7 Å². The van der Waals surface area contributed by atoms with Gasteiger partial charge >= 0.3 is 0 Å². The van der Waals surface area contributed by atoms with Gasteiger partial charge in [0.05, 0.1) is 0 Å². The van der Waals surface area contributed by atoms with Crippen LogP contribution in [0.1, 0.15) is 51.9 Å². The van der Waals surface area contributed by atoms with Crippen LogP contribution >= 0.6 is 12.4 Å². The third-order valence-electron chi connectivity index (χ3n) is 4.51. The van der Waals surface area contributed by atoms with E-state index in [0.29, 0.717) is 18.2 Å². The predicted molar refractivity (Wildman–Crippen MR) is 92.9 cm³/mol. The largest absolute Gasteiger partial charge is 0.346 e. The van der Waals surface area contributed by atoms with Crippen molar-refractivity contribution in [2.45, 2.75) is 51.9 Å². The van der Waals surface area contributed by atoms with Crippen molar-refractivity contribution in [3.63, 3.8) is 0 Å². The molecule has 0 aromatic rings. The van der Waals surface area contributed by atoms with Crippen LogP contribution in [-0.4, -0.2) is 37.5 Å². The minimum absolute atomic E-state index is 0. The van der Waals surface area contributed by atoms with E-state index in [1.165, 1.54) is 25.7 Å². The lowest BCUT2D eigenvalue weighted by Gasteiger charge is -2.29. The van der Waals surface area contributed by atoms with Gasteiger partial charge in [0.25, 0.3) is 0 Å². The molecule has 124 valence electrons. The summed E-state index contributed by atoms with van der Waals surface area (Å²) in [4.78, 5) is 14.1. The van der Waals surface area contributed by atoms with Crippen LogP contribution in [0.4, 0.5) is 0 Å². The fourth-order valence-corrected chi connectivity index (χ4v) is 2.95. The first-order chi connectivity index (χ1) is 9.65. The van der Waals surface area contributed by atoms with Gasteiger partial charge in [-0.3, -0.25) is 4.79 Å². The average Bonchev–Trinajstić information content (AvgIpc) is 2.47. The molecule has 1 fully saturated rings. The zero-order valence-electron chi connectivity index (χ0n) is 13.8. The van der Waals surface area contributed by atoms with Crippen LogP contribution in [0.25, 0.3) is 0 Å². The summed E-state index contributed by atoms with van der Waals surface area (Å²) in [6.45, 7) is 9.10. The highest BCUT2D eigenvalue weighted by atomic mass is 35.5. The summed E-state index contributed by atoms with van der Waals surface area (Å²) in [5, 5.41) is 3.39. The number of nitrogens with zero attached hydrogens (tertiary/aromatic N) is 1. The van der Waals surface area contributed by atoms with Crippen molar-refractivity contribution in [3.05, 3.63) is 12.7 Å². The summed E-state index contributed by atoms with van der Waals surface area (Å²) in [6.07, 6.45) is 9.70. The Labute approximate surface area is 137 Å². The molecular weight excluding hydrogens is 284 g/mol. The summed E-state index contributed by atoms with van der Waals surface area (Å²) >= 11 is 0. The molecule has 1 aliphatic heterocycles. The Hall–Kier alpha value is -0.540. The fraction of sp³-hybridized carbons (Fsp3) is 0.824. The van der Waals surface area contributed by atoms with Crippen LogP contribution in [-0.2, 0) is 4.79 Å². The summed E-state index contributed by atoms with van der Waals surface area (Å²) in [6, 6.07) is 0. The zero-order valence-corrected chi connectivity index (χ0v) is 14.6. The molecule has 21 heavy (non-hydrogen) atoms. The minimum atomic E-state index is 0. The topological polar surface area (TPSA) is 32.3 Å². The molecule has 0 aromatic carbocycles. The van der Waals surface area contributed by atoms with E-state index in [9.17, 15) is 4.79 Å². The lowest BCUT2D eigenvalue weighted by Crippen LogP contribution is -2.34. The number of piperidine rings is 1. The first-order valence-corrected chi connectivity index (χ1v) is 8.20. The first-order valence-electron chi connectivity index (χ1n) is 8.20. The SMILES string of the molecule is C=CCCCCCN(C)C(=O)CC(C)C1CCNCC1.Cl. The molecular formula is C17H33ClN2O. The smallest absolute Gasteiger partial charge is 0.222 e. The number of hydrogen-bond donors (Lipinski definition) is 1. The van der Waals surface area contributed by atoms with Crippen molar-refractivity contribution in [1.82, 2.24) is 10.2 Å². The molecule has 0 aliphatic carbocycles. The Balaban J connectivity index is 0.00000400. The molecule has 1 heterocycles. The molecule has 1 atom stereocenters. The molecule has 0 spiro atoms. The molecule has 0 aromatic heterocycles. The van der Waals surface area contributed by atoms with Gasteiger partial charge in [0, 0.05) is 20.0 Å². The van der Waals surface area contributed by atoms with Crippen LogP contribution in [0.3, 0.4) is 0 Å². The summed E-state index contributed by atoms with van der Waals surface area (Å²) < 4.78 is 0. The number of rotatable bonds is 9. The van der Waals surface area contributed by atoms with E-state index in [0.717, 1.165) is 38.4 Å². The molecule has 0 radical (unpaired) electrons. The second kappa shape index (κ2) is 12.0. The van der Waals surface area contributed by atoms with E-state index in [4.69, 9.17) is 0 Å². The maximum atomic E-state index is 12.2. The van der Waals surface area contributed by atoms with Crippen molar-refractivity contribution < 1.29 is 4.79 Å². The van der Waals surface area contributed by atoms with Gasteiger partial charge in [-0.1, -0.05) is 19.4 Å². The van der Waals surface area contributed by atoms with Crippen LogP contribution in [0.5, 0.6) is 0 Å². The summed E-state index contributed by atoms with van der Waals surface area (Å²) in [5.74, 6) is 1.56. The highest BCUT2D eigenvalue weighted by Gasteiger charge is 2.23. The van der Waals surface area contributed by atoms with Gasteiger partial charge in [-0.2, -0.15) is 0 Å². The normalized spacial score (nSPS) is 16.9. The molecule has 1 unspecified atom stereocenters. The Morgan fingerprint density at radius 1 is 1.33 bits per heavy atom. The third-order valence-corrected chi connectivity index (χ3v) is 4.51. The summed E-state index contributed by atoms with van der Waals surface area (Å²) in [7, 11) is 1.95. The van der Waals surface area contributed by atoms with Gasteiger partial charge in [0.15, 0.2) is 0 Å². The summed E-state index contributed by atoms with van der Waals surface area (Å²) in [5.41, 5.74) is 0. The number of unbranched alkanes of at least 4 members (excludes halogenated alkanes) is 3. The monoisotopic (exact) mass is 316 g/mol. The van der Waals surface area contributed by atoms with E-state index < -0.39 is 0 Å². The van der Waals surface area contributed by atoms with E-state index in [-0.39, 0.29) is 12.4 Å². The van der Waals surface area contributed by atoms with E-state index >= 15 is 0 Å². The molecule has 1 rings (SSSR count). The molecule has 1 N–H and O–H groups in total. The van der Waals surface area contributed by atoms with Crippen molar-refractivity contribution >= 4 is 18.3 Å². The molecule has 1 saturated heterocycles. The lowest BCUT2D eigenvalue weighted by atomic mass is 9.84. The van der Waals surface area contributed by atoms with Gasteiger partial charge < -0.3 is 10.2 Å². The van der Waals surface area contributed by atoms with Gasteiger partial charge in [-0.05, 0) is 57.0 Å². The second-order valence-corrected chi connectivity index (χ2v) is 6.22. The molecule has 3 nitrogen and oxygen atoms in total. The highest BCUT2D eigenvalue weighted by Crippen LogP contribution is 2.24. The molecule has 0 bridgehead atoms. The minimum Gasteiger partial charge on any atom is -0.346 e. The maximum Gasteiger partial charge on any atom is 0.222 e. The molecule has 0 saturated carbocycles. The Bertz CT molecular complexity index is 291. The number of amides is 1. The van der Waals surface area contributed by atoms with Crippen LogP contribution in [0.2, 0.25) is 0 Å². The average molecular weight is 317 g/mol. The van der Waals surface area contributed by atoms with Crippen LogP contribution < -0.4 is 5.32 Å². The number of halogens is 1.